The smallest absolute Gasteiger partial charge is 0.0678 e. The Morgan fingerprint density at radius 2 is 1.79 bits per heavy atom. The van der Waals surface area contributed by atoms with E-state index in [9.17, 15) is 0 Å². The summed E-state index contributed by atoms with van der Waals surface area (Å²) in [6.07, 6.45) is 0.687. The molecule has 0 aliphatic carbocycles. The van der Waals surface area contributed by atoms with Gasteiger partial charge in [0.05, 0.1) is 25.4 Å². The fraction of sp³-hybridized carbons (Fsp3) is 0.684. The Balaban J connectivity index is 1.46. The summed E-state index contributed by atoms with van der Waals surface area (Å²) >= 11 is 0. The minimum absolute atomic E-state index is 0.343. The Morgan fingerprint density at radius 1 is 1.08 bits per heavy atom. The maximum Gasteiger partial charge on any atom is 0.0678 e. The van der Waals surface area contributed by atoms with Gasteiger partial charge >= 0.3 is 0 Å². The van der Waals surface area contributed by atoms with Crippen molar-refractivity contribution in [2.75, 3.05) is 57.4 Å². The fourth-order valence-electron chi connectivity index (χ4n) is 3.70. The number of morpholine rings is 2. The lowest BCUT2D eigenvalue weighted by molar-refractivity contribution is -0.0674. The van der Waals surface area contributed by atoms with Crippen LogP contribution in [0.4, 0.5) is 5.69 Å². The molecule has 2 heterocycles. The zero-order valence-corrected chi connectivity index (χ0v) is 15.0. The van der Waals surface area contributed by atoms with E-state index >= 15 is 0 Å². The van der Waals surface area contributed by atoms with Crippen molar-refractivity contribution in [3.05, 3.63) is 29.8 Å². The van der Waals surface area contributed by atoms with Crippen molar-refractivity contribution in [2.24, 2.45) is 0 Å². The van der Waals surface area contributed by atoms with Gasteiger partial charge in [-0.2, -0.15) is 0 Å². The third-order valence-corrected chi connectivity index (χ3v) is 4.76. The monoisotopic (exact) mass is 333 g/mol. The predicted molar refractivity (Wildman–Crippen MR) is 97.6 cm³/mol. The second kappa shape index (κ2) is 8.81. The molecular weight excluding hydrogens is 302 g/mol. The van der Waals surface area contributed by atoms with Crippen LogP contribution >= 0.6 is 0 Å². The van der Waals surface area contributed by atoms with Crippen molar-refractivity contribution < 1.29 is 9.47 Å². The van der Waals surface area contributed by atoms with E-state index in [0.717, 1.165) is 59.0 Å². The number of para-hydroxylation sites is 1. The van der Waals surface area contributed by atoms with Crippen LogP contribution in [0.25, 0.3) is 0 Å². The van der Waals surface area contributed by atoms with Gasteiger partial charge in [0.25, 0.3) is 0 Å². The van der Waals surface area contributed by atoms with E-state index in [2.05, 4.69) is 53.2 Å². The largest absolute Gasteiger partial charge is 0.378 e. The number of rotatable bonds is 6. The Kier molecular flexibility index (Phi) is 6.49. The number of hydrogen-bond acceptors (Lipinski definition) is 5. The molecule has 3 rings (SSSR count). The maximum atomic E-state index is 5.80. The van der Waals surface area contributed by atoms with Gasteiger partial charge in [0.15, 0.2) is 0 Å². The summed E-state index contributed by atoms with van der Waals surface area (Å²) in [5.74, 6) is 0. The average Bonchev–Trinajstić information content (AvgIpc) is 2.59. The average molecular weight is 333 g/mol. The standard InChI is InChI=1S/C19H31N3O2/c1-16-14-21(15-17(2)24-16)8-7-20-13-18-5-3-4-6-19(18)22-9-11-23-12-10-22/h3-6,16-17,20H,7-15H2,1-2H3/t16-,17+. The Morgan fingerprint density at radius 3 is 2.54 bits per heavy atom. The van der Waals surface area contributed by atoms with Crippen molar-refractivity contribution in [3.8, 4) is 0 Å². The summed E-state index contributed by atoms with van der Waals surface area (Å²) in [6.45, 7) is 13.0. The minimum Gasteiger partial charge on any atom is -0.378 e. The van der Waals surface area contributed by atoms with Gasteiger partial charge in [-0.05, 0) is 25.5 Å². The molecular formula is C19H31N3O2. The lowest BCUT2D eigenvalue weighted by atomic mass is 10.1. The summed E-state index contributed by atoms with van der Waals surface area (Å²) in [6, 6.07) is 8.72. The topological polar surface area (TPSA) is 37.0 Å². The number of nitrogens with zero attached hydrogens (tertiary/aromatic N) is 2. The van der Waals surface area contributed by atoms with Gasteiger partial charge in [0.2, 0.25) is 0 Å². The second-order valence-corrected chi connectivity index (χ2v) is 6.92. The third kappa shape index (κ3) is 4.93. The van der Waals surface area contributed by atoms with E-state index in [1.807, 2.05) is 0 Å². The van der Waals surface area contributed by atoms with E-state index in [1.54, 1.807) is 0 Å². The quantitative estimate of drug-likeness (QED) is 0.803. The summed E-state index contributed by atoms with van der Waals surface area (Å²) in [4.78, 5) is 4.94. The van der Waals surface area contributed by atoms with Gasteiger partial charge in [0.1, 0.15) is 0 Å². The highest BCUT2D eigenvalue weighted by Crippen LogP contribution is 2.21. The van der Waals surface area contributed by atoms with Gasteiger partial charge in [-0.25, -0.2) is 0 Å². The highest BCUT2D eigenvalue weighted by atomic mass is 16.5. The van der Waals surface area contributed by atoms with E-state index in [0.29, 0.717) is 12.2 Å². The lowest BCUT2D eigenvalue weighted by Crippen LogP contribution is -2.47. The third-order valence-electron chi connectivity index (χ3n) is 4.76. The molecule has 1 N–H and O–H groups in total. The van der Waals surface area contributed by atoms with Crippen LogP contribution in [-0.4, -0.2) is 69.6 Å². The van der Waals surface area contributed by atoms with Gasteiger partial charge in [-0.1, -0.05) is 18.2 Å². The van der Waals surface area contributed by atoms with E-state index in [1.165, 1.54) is 11.3 Å². The molecule has 2 atom stereocenters. The molecule has 24 heavy (non-hydrogen) atoms. The highest BCUT2D eigenvalue weighted by molar-refractivity contribution is 5.53. The number of anilines is 1. The molecule has 5 heteroatoms. The van der Waals surface area contributed by atoms with Crippen molar-refractivity contribution in [1.29, 1.82) is 0 Å². The molecule has 5 nitrogen and oxygen atoms in total. The van der Waals surface area contributed by atoms with Crippen LogP contribution in [0.1, 0.15) is 19.4 Å². The highest BCUT2D eigenvalue weighted by Gasteiger charge is 2.21. The van der Waals surface area contributed by atoms with Crippen molar-refractivity contribution in [3.63, 3.8) is 0 Å². The second-order valence-electron chi connectivity index (χ2n) is 6.92. The summed E-state index contributed by atoms with van der Waals surface area (Å²) in [5.41, 5.74) is 2.73. The Hall–Kier alpha value is -1.14. The van der Waals surface area contributed by atoms with Gasteiger partial charge in [-0.15, -0.1) is 0 Å². The van der Waals surface area contributed by atoms with Crippen LogP contribution in [0.3, 0.4) is 0 Å². The molecule has 0 unspecified atom stereocenters. The Bertz CT molecular complexity index is 495. The van der Waals surface area contributed by atoms with Crippen molar-refractivity contribution >= 4 is 5.69 Å². The van der Waals surface area contributed by atoms with Gasteiger partial charge in [0, 0.05) is 51.5 Å². The van der Waals surface area contributed by atoms with Gasteiger partial charge in [-0.3, -0.25) is 4.90 Å². The maximum absolute atomic E-state index is 5.80. The molecule has 2 aliphatic rings. The number of hydrogen-bond donors (Lipinski definition) is 1. The first kappa shape index (κ1) is 17.7. The fourth-order valence-corrected chi connectivity index (χ4v) is 3.70. The lowest BCUT2D eigenvalue weighted by Gasteiger charge is -2.35. The van der Waals surface area contributed by atoms with Crippen LogP contribution in [0.5, 0.6) is 0 Å². The van der Waals surface area contributed by atoms with Crippen LogP contribution in [0.2, 0.25) is 0 Å². The number of benzene rings is 1. The van der Waals surface area contributed by atoms with Crippen molar-refractivity contribution in [2.45, 2.75) is 32.6 Å². The first-order valence-electron chi connectivity index (χ1n) is 9.21. The predicted octanol–water partition coefficient (Wildman–Crippen LogP) is 1.72. The normalized spacial score (nSPS) is 25.8. The Labute approximate surface area is 145 Å². The first-order valence-corrected chi connectivity index (χ1v) is 9.21. The minimum atomic E-state index is 0.343. The molecule has 2 aliphatic heterocycles. The molecule has 1 aromatic rings. The summed E-state index contributed by atoms with van der Waals surface area (Å²) in [7, 11) is 0. The molecule has 2 saturated heterocycles. The molecule has 0 radical (unpaired) electrons. The van der Waals surface area contributed by atoms with Crippen molar-refractivity contribution in [1.82, 2.24) is 10.2 Å². The van der Waals surface area contributed by atoms with E-state index < -0.39 is 0 Å². The summed E-state index contributed by atoms with van der Waals surface area (Å²) in [5, 5.41) is 3.62. The number of ether oxygens (including phenoxy) is 2. The van der Waals surface area contributed by atoms with E-state index in [4.69, 9.17) is 9.47 Å². The molecule has 0 spiro atoms. The van der Waals surface area contributed by atoms with Crippen LogP contribution in [0, 0.1) is 0 Å². The van der Waals surface area contributed by atoms with Crippen LogP contribution in [0.15, 0.2) is 24.3 Å². The zero-order valence-electron chi connectivity index (χ0n) is 15.0. The molecule has 0 amide bonds. The SMILES string of the molecule is C[C@@H]1CN(CCNCc2ccccc2N2CCOCC2)C[C@H](C)O1. The van der Waals surface area contributed by atoms with Gasteiger partial charge < -0.3 is 19.7 Å². The molecule has 0 bridgehead atoms. The molecule has 0 saturated carbocycles. The zero-order chi connectivity index (χ0) is 16.8. The molecule has 1 aromatic carbocycles. The van der Waals surface area contributed by atoms with Crippen LogP contribution < -0.4 is 10.2 Å². The van der Waals surface area contributed by atoms with Crippen LogP contribution in [-0.2, 0) is 16.0 Å². The molecule has 2 fully saturated rings. The first-order chi connectivity index (χ1) is 11.7. The molecule has 0 aromatic heterocycles. The number of nitrogens with one attached hydrogen (secondary N) is 1. The molecule has 134 valence electrons. The van der Waals surface area contributed by atoms with E-state index in [-0.39, 0.29) is 0 Å². The summed E-state index contributed by atoms with van der Waals surface area (Å²) < 4.78 is 11.3.